The predicted molar refractivity (Wildman–Crippen MR) is 54.9 cm³/mol. The van der Waals surface area contributed by atoms with Crippen LogP contribution >= 0.6 is 0 Å². The van der Waals surface area contributed by atoms with E-state index in [-0.39, 0.29) is 5.56 Å². The molecule has 0 unspecified atom stereocenters. The highest BCUT2D eigenvalue weighted by Crippen LogP contribution is 2.33. The zero-order valence-electron chi connectivity index (χ0n) is 9.26. The van der Waals surface area contributed by atoms with E-state index in [2.05, 4.69) is 0 Å². The van der Waals surface area contributed by atoms with Crippen LogP contribution in [0, 0.1) is 11.6 Å². The maximum Gasteiger partial charge on any atom is 0.420 e. The molecular weight excluding hydrogens is 248 g/mol. The molecule has 1 aliphatic heterocycles. The van der Waals surface area contributed by atoms with Gasteiger partial charge in [-0.3, -0.25) is 0 Å². The van der Waals surface area contributed by atoms with Gasteiger partial charge in [0.25, 0.3) is 0 Å². The number of nitrogens with zero attached hydrogens (tertiary/aromatic N) is 1. The molecule has 18 heavy (non-hydrogen) atoms. The minimum absolute atomic E-state index is 0.162. The van der Waals surface area contributed by atoms with Crippen LogP contribution < -0.4 is 0 Å². The molecule has 0 saturated carbocycles. The third kappa shape index (κ3) is 1.87. The smallest absolute Gasteiger partial charge is 0.420 e. The number of benzene rings is 1. The quantitative estimate of drug-likeness (QED) is 0.839. The highest BCUT2D eigenvalue weighted by atomic mass is 19.2. The molecule has 2 rings (SSSR count). The van der Waals surface area contributed by atoms with Crippen LogP contribution in [0.5, 0.6) is 0 Å². The summed E-state index contributed by atoms with van der Waals surface area (Å²) in [5.41, 5.74) is 0.162. The maximum absolute atomic E-state index is 13.1. The number of ether oxygens (including phenoxy) is 1. The van der Waals surface area contributed by atoms with Crippen molar-refractivity contribution in [2.75, 3.05) is 0 Å². The van der Waals surface area contributed by atoms with Gasteiger partial charge in [-0.25, -0.2) is 23.3 Å². The first-order valence-electron chi connectivity index (χ1n) is 5.09. The van der Waals surface area contributed by atoms with Gasteiger partial charge >= 0.3 is 12.2 Å². The molecule has 96 valence electrons. The first kappa shape index (κ1) is 12.3. The first-order chi connectivity index (χ1) is 8.41. The average Bonchev–Trinajstić information content (AvgIpc) is 2.57. The summed E-state index contributed by atoms with van der Waals surface area (Å²) in [5.74, 6) is -2.15. The van der Waals surface area contributed by atoms with Crippen molar-refractivity contribution in [1.82, 2.24) is 4.90 Å². The number of amides is 2. The lowest BCUT2D eigenvalue weighted by molar-refractivity contribution is 0.131. The number of halogens is 2. The second kappa shape index (κ2) is 4.25. The van der Waals surface area contributed by atoms with Gasteiger partial charge in [0, 0.05) is 0 Å². The lowest BCUT2D eigenvalue weighted by Crippen LogP contribution is -2.33. The summed E-state index contributed by atoms with van der Waals surface area (Å²) in [7, 11) is 0. The molecule has 5 nitrogen and oxygen atoms in total. The summed E-state index contributed by atoms with van der Waals surface area (Å²) in [6.07, 6.45) is -3.29. The summed E-state index contributed by atoms with van der Waals surface area (Å²) in [6, 6.07) is 1.97. The van der Waals surface area contributed by atoms with E-state index < -0.39 is 36.0 Å². The maximum atomic E-state index is 13.1. The van der Waals surface area contributed by atoms with Crippen molar-refractivity contribution in [2.45, 2.75) is 19.1 Å². The molecule has 0 bridgehead atoms. The molecule has 1 N–H and O–H groups in total. The lowest BCUT2D eigenvalue weighted by atomic mass is 10.0. The van der Waals surface area contributed by atoms with Gasteiger partial charge in [0.2, 0.25) is 0 Å². The van der Waals surface area contributed by atoms with E-state index in [0.717, 1.165) is 12.1 Å². The Balaban J connectivity index is 2.43. The number of hydrogen-bond acceptors (Lipinski definition) is 3. The minimum Gasteiger partial charge on any atom is -0.465 e. The SMILES string of the molecule is C[C@H]1OC(=O)N(C(=O)O)[C@H]1c1ccc(F)c(F)c1. The van der Waals surface area contributed by atoms with Crippen molar-refractivity contribution in [3.63, 3.8) is 0 Å². The fourth-order valence-corrected chi connectivity index (χ4v) is 1.92. The van der Waals surface area contributed by atoms with Gasteiger partial charge in [0.05, 0.1) is 0 Å². The number of imide groups is 1. The van der Waals surface area contributed by atoms with Crippen LogP contribution in [0.1, 0.15) is 18.5 Å². The minimum atomic E-state index is -1.50. The fraction of sp³-hybridized carbons (Fsp3) is 0.273. The topological polar surface area (TPSA) is 66.8 Å². The highest BCUT2D eigenvalue weighted by molar-refractivity contribution is 5.89. The van der Waals surface area contributed by atoms with Crippen molar-refractivity contribution in [1.29, 1.82) is 0 Å². The van der Waals surface area contributed by atoms with Crippen molar-refractivity contribution >= 4 is 12.2 Å². The highest BCUT2D eigenvalue weighted by Gasteiger charge is 2.44. The Morgan fingerprint density at radius 2 is 2.06 bits per heavy atom. The molecule has 2 atom stereocenters. The van der Waals surface area contributed by atoms with Crippen LogP contribution in [0.15, 0.2) is 18.2 Å². The molecule has 0 spiro atoms. The predicted octanol–water partition coefficient (Wildman–Crippen LogP) is 2.52. The van der Waals surface area contributed by atoms with E-state index in [4.69, 9.17) is 9.84 Å². The van der Waals surface area contributed by atoms with Gasteiger partial charge < -0.3 is 9.84 Å². The summed E-state index contributed by atoms with van der Waals surface area (Å²) in [4.78, 5) is 22.7. The van der Waals surface area contributed by atoms with E-state index in [1.165, 1.54) is 13.0 Å². The monoisotopic (exact) mass is 257 g/mol. The Labute approximate surface area is 101 Å². The van der Waals surface area contributed by atoms with Gasteiger partial charge in [-0.15, -0.1) is 0 Å². The van der Waals surface area contributed by atoms with Gasteiger partial charge in [-0.2, -0.15) is 0 Å². The van der Waals surface area contributed by atoms with Crippen molar-refractivity contribution in [2.24, 2.45) is 0 Å². The fourth-order valence-electron chi connectivity index (χ4n) is 1.92. The van der Waals surface area contributed by atoms with Gasteiger partial charge in [-0.05, 0) is 24.6 Å². The summed E-state index contributed by atoms with van der Waals surface area (Å²) >= 11 is 0. The van der Waals surface area contributed by atoms with E-state index in [1.54, 1.807) is 0 Å². The lowest BCUT2D eigenvalue weighted by Gasteiger charge is -2.19. The second-order valence-corrected chi connectivity index (χ2v) is 3.86. The number of cyclic esters (lactones) is 1. The molecule has 1 heterocycles. The Morgan fingerprint density at radius 3 is 2.61 bits per heavy atom. The molecule has 7 heteroatoms. The van der Waals surface area contributed by atoms with Crippen LogP contribution in [0.3, 0.4) is 0 Å². The summed E-state index contributed by atoms with van der Waals surface area (Å²) in [5, 5.41) is 8.91. The Hall–Kier alpha value is -2.18. The number of carbonyl (C=O) groups is 2. The molecule has 1 saturated heterocycles. The zero-order valence-corrected chi connectivity index (χ0v) is 9.26. The van der Waals surface area contributed by atoms with E-state index in [9.17, 15) is 18.4 Å². The average molecular weight is 257 g/mol. The van der Waals surface area contributed by atoms with Crippen LogP contribution in [-0.2, 0) is 4.74 Å². The third-order valence-corrected chi connectivity index (χ3v) is 2.70. The first-order valence-corrected chi connectivity index (χ1v) is 5.09. The Morgan fingerprint density at radius 1 is 1.39 bits per heavy atom. The molecule has 1 fully saturated rings. The number of hydrogen-bond donors (Lipinski definition) is 1. The number of carboxylic acid groups (broad SMARTS) is 1. The van der Waals surface area contributed by atoms with Crippen LogP contribution in [-0.4, -0.2) is 28.3 Å². The van der Waals surface area contributed by atoms with Crippen molar-refractivity contribution in [3.8, 4) is 0 Å². The molecule has 1 aromatic rings. The van der Waals surface area contributed by atoms with Gasteiger partial charge in [-0.1, -0.05) is 6.07 Å². The Bertz CT molecular complexity index is 520. The van der Waals surface area contributed by atoms with E-state index in [1.807, 2.05) is 0 Å². The number of carbonyl (C=O) groups excluding carboxylic acids is 1. The summed E-state index contributed by atoms with van der Waals surface area (Å²) < 4.78 is 30.7. The van der Waals surface area contributed by atoms with Crippen molar-refractivity contribution < 1.29 is 28.2 Å². The normalized spacial score (nSPS) is 23.1. The third-order valence-electron chi connectivity index (χ3n) is 2.70. The zero-order chi connectivity index (χ0) is 13.4. The van der Waals surface area contributed by atoms with Gasteiger partial charge in [0.15, 0.2) is 11.6 Å². The van der Waals surface area contributed by atoms with Crippen LogP contribution in [0.4, 0.5) is 18.4 Å². The van der Waals surface area contributed by atoms with Crippen LogP contribution in [0.2, 0.25) is 0 Å². The van der Waals surface area contributed by atoms with Gasteiger partial charge in [0.1, 0.15) is 12.1 Å². The van der Waals surface area contributed by atoms with Crippen molar-refractivity contribution in [3.05, 3.63) is 35.4 Å². The molecule has 0 aromatic heterocycles. The molecule has 1 aromatic carbocycles. The molecule has 0 radical (unpaired) electrons. The molecular formula is C11H9F2NO4. The largest absolute Gasteiger partial charge is 0.465 e. The van der Waals surface area contributed by atoms with E-state index >= 15 is 0 Å². The molecule has 1 aliphatic rings. The standard InChI is InChI=1S/C11H9F2NO4/c1-5-9(14(10(15)16)11(17)18-5)6-2-3-7(12)8(13)4-6/h2-5,9H,1H3,(H,15,16)/t5-,9-/m1/s1. The molecule has 2 amide bonds. The Kier molecular flexibility index (Phi) is 2.90. The van der Waals surface area contributed by atoms with E-state index in [0.29, 0.717) is 4.90 Å². The number of rotatable bonds is 1. The second-order valence-electron chi connectivity index (χ2n) is 3.86. The van der Waals surface area contributed by atoms with Crippen LogP contribution in [0.25, 0.3) is 0 Å². The summed E-state index contributed by atoms with van der Waals surface area (Å²) in [6.45, 7) is 1.48. The molecule has 0 aliphatic carbocycles.